The van der Waals surface area contributed by atoms with Crippen molar-refractivity contribution in [3.63, 3.8) is 0 Å². The molecule has 0 aliphatic heterocycles. The lowest BCUT2D eigenvalue weighted by molar-refractivity contribution is -0.137. The number of rotatable bonds is 8. The maximum atomic E-state index is 11.7. The van der Waals surface area contributed by atoms with Gasteiger partial charge in [0, 0.05) is 18.6 Å². The summed E-state index contributed by atoms with van der Waals surface area (Å²) < 4.78 is 19.7. The lowest BCUT2D eigenvalue weighted by Crippen LogP contribution is -2.12. The van der Waals surface area contributed by atoms with Crippen LogP contribution in [0.2, 0.25) is 5.02 Å². The number of nitrogens with zero attached hydrogens (tertiary/aromatic N) is 2. The number of carbonyl (C=O) groups excluding carboxylic acids is 2. The number of hydrogen-bond donors (Lipinski definition) is 0. The fourth-order valence-corrected chi connectivity index (χ4v) is 2.07. The number of benzene rings is 1. The van der Waals surface area contributed by atoms with Crippen LogP contribution >= 0.6 is 11.6 Å². The lowest BCUT2D eigenvalue weighted by Gasteiger charge is -2.08. The van der Waals surface area contributed by atoms with E-state index in [1.54, 1.807) is 19.1 Å². The van der Waals surface area contributed by atoms with Gasteiger partial charge >= 0.3 is 12.1 Å². The van der Waals surface area contributed by atoms with E-state index in [-0.39, 0.29) is 24.0 Å². The SMILES string of the molecule is C=CC(=O)OCCCCOC(=O)Oc1ccc(-c2noc(C)n2)cc1Cl. The summed E-state index contributed by atoms with van der Waals surface area (Å²) in [5.74, 6) is 0.481. The normalized spacial score (nSPS) is 10.2. The smallest absolute Gasteiger partial charge is 0.463 e. The second kappa shape index (κ2) is 9.57. The number of unbranched alkanes of at least 4 members (excludes halogenated alkanes) is 1. The van der Waals surface area contributed by atoms with Gasteiger partial charge in [-0.25, -0.2) is 9.59 Å². The standard InChI is InChI=1S/C17H17ClN2O6/c1-3-15(21)23-8-4-5-9-24-17(22)25-14-7-6-12(10-13(14)18)16-19-11(2)26-20-16/h3,6-7,10H,1,4-5,8-9H2,2H3. The number of aromatic nitrogens is 2. The topological polar surface area (TPSA) is 101 Å². The first-order valence-corrected chi connectivity index (χ1v) is 8.11. The van der Waals surface area contributed by atoms with Crippen LogP contribution in [0.1, 0.15) is 18.7 Å². The van der Waals surface area contributed by atoms with E-state index < -0.39 is 12.1 Å². The monoisotopic (exact) mass is 380 g/mol. The largest absolute Gasteiger partial charge is 0.513 e. The van der Waals surface area contributed by atoms with E-state index in [2.05, 4.69) is 16.7 Å². The molecule has 0 amide bonds. The Bertz CT molecular complexity index is 789. The van der Waals surface area contributed by atoms with Gasteiger partial charge in [-0.3, -0.25) is 0 Å². The fourth-order valence-electron chi connectivity index (χ4n) is 1.85. The minimum atomic E-state index is -0.877. The van der Waals surface area contributed by atoms with Gasteiger partial charge in [-0.15, -0.1) is 0 Å². The van der Waals surface area contributed by atoms with Crippen LogP contribution in [-0.4, -0.2) is 35.5 Å². The average Bonchev–Trinajstić information content (AvgIpc) is 3.05. The van der Waals surface area contributed by atoms with E-state index in [9.17, 15) is 9.59 Å². The van der Waals surface area contributed by atoms with Crippen molar-refractivity contribution in [1.82, 2.24) is 10.1 Å². The minimum Gasteiger partial charge on any atom is -0.463 e. The predicted octanol–water partition coefficient (Wildman–Crippen LogP) is 3.72. The van der Waals surface area contributed by atoms with E-state index in [0.29, 0.717) is 30.1 Å². The van der Waals surface area contributed by atoms with E-state index in [4.69, 9.17) is 30.3 Å². The van der Waals surface area contributed by atoms with Crippen LogP contribution in [0.3, 0.4) is 0 Å². The molecule has 0 unspecified atom stereocenters. The van der Waals surface area contributed by atoms with E-state index in [0.717, 1.165) is 6.08 Å². The molecule has 0 aliphatic carbocycles. The summed E-state index contributed by atoms with van der Waals surface area (Å²) in [5.41, 5.74) is 0.627. The van der Waals surface area contributed by atoms with Gasteiger partial charge in [-0.1, -0.05) is 23.3 Å². The summed E-state index contributed by atoms with van der Waals surface area (Å²) in [6.07, 6.45) is 1.27. The Hall–Kier alpha value is -2.87. The molecule has 0 radical (unpaired) electrons. The molecule has 138 valence electrons. The molecule has 0 fully saturated rings. The molecule has 0 saturated heterocycles. The quantitative estimate of drug-likeness (QED) is 0.295. The molecule has 26 heavy (non-hydrogen) atoms. The number of hydrogen-bond acceptors (Lipinski definition) is 8. The van der Waals surface area contributed by atoms with Gasteiger partial charge in [0.15, 0.2) is 5.75 Å². The van der Waals surface area contributed by atoms with Crippen LogP contribution < -0.4 is 4.74 Å². The van der Waals surface area contributed by atoms with Crippen LogP contribution in [0.25, 0.3) is 11.4 Å². The highest BCUT2D eigenvalue weighted by molar-refractivity contribution is 6.32. The number of aryl methyl sites for hydroxylation is 1. The molecule has 2 rings (SSSR count). The molecule has 8 nitrogen and oxygen atoms in total. The first-order valence-electron chi connectivity index (χ1n) is 7.73. The van der Waals surface area contributed by atoms with Crippen molar-refractivity contribution in [1.29, 1.82) is 0 Å². The highest BCUT2D eigenvalue weighted by Crippen LogP contribution is 2.29. The Morgan fingerprint density at radius 1 is 1.27 bits per heavy atom. The summed E-state index contributed by atoms with van der Waals surface area (Å²) >= 11 is 6.10. The van der Waals surface area contributed by atoms with Crippen molar-refractivity contribution < 1.29 is 28.3 Å². The Morgan fingerprint density at radius 2 is 2.00 bits per heavy atom. The molecule has 0 spiro atoms. The first-order chi connectivity index (χ1) is 12.5. The van der Waals surface area contributed by atoms with Gasteiger partial charge in [0.05, 0.1) is 18.2 Å². The van der Waals surface area contributed by atoms with Gasteiger partial charge in [-0.2, -0.15) is 4.98 Å². The van der Waals surface area contributed by atoms with Crippen LogP contribution in [-0.2, 0) is 14.3 Å². The molecule has 0 bridgehead atoms. The van der Waals surface area contributed by atoms with Crippen LogP contribution in [0.5, 0.6) is 5.75 Å². The maximum Gasteiger partial charge on any atom is 0.513 e. The van der Waals surface area contributed by atoms with Crippen LogP contribution in [0.4, 0.5) is 4.79 Å². The number of esters is 1. The van der Waals surface area contributed by atoms with Crippen molar-refractivity contribution in [2.75, 3.05) is 13.2 Å². The molecule has 0 atom stereocenters. The van der Waals surface area contributed by atoms with Gasteiger partial charge in [0.2, 0.25) is 11.7 Å². The Morgan fingerprint density at radius 3 is 2.62 bits per heavy atom. The molecule has 1 aromatic heterocycles. The lowest BCUT2D eigenvalue weighted by atomic mass is 10.2. The van der Waals surface area contributed by atoms with Gasteiger partial charge in [0.25, 0.3) is 0 Å². The Labute approximate surface area is 154 Å². The van der Waals surface area contributed by atoms with Gasteiger partial charge < -0.3 is 18.7 Å². The summed E-state index contributed by atoms with van der Waals surface area (Å²) in [4.78, 5) is 26.6. The maximum absolute atomic E-state index is 11.7. The molecular weight excluding hydrogens is 364 g/mol. The van der Waals surface area contributed by atoms with Gasteiger partial charge in [-0.05, 0) is 31.0 Å². The van der Waals surface area contributed by atoms with Crippen molar-refractivity contribution >= 4 is 23.7 Å². The van der Waals surface area contributed by atoms with Gasteiger partial charge in [0.1, 0.15) is 0 Å². The number of ether oxygens (including phenoxy) is 3. The Balaban J connectivity index is 1.76. The minimum absolute atomic E-state index is 0.127. The second-order valence-electron chi connectivity index (χ2n) is 5.06. The zero-order chi connectivity index (χ0) is 18.9. The highest BCUT2D eigenvalue weighted by Gasteiger charge is 2.13. The molecule has 1 heterocycles. The van der Waals surface area contributed by atoms with Crippen molar-refractivity contribution in [3.05, 3.63) is 41.8 Å². The van der Waals surface area contributed by atoms with Crippen molar-refractivity contribution in [2.45, 2.75) is 19.8 Å². The molecule has 0 aliphatic rings. The third-order valence-corrected chi connectivity index (χ3v) is 3.38. The van der Waals surface area contributed by atoms with E-state index >= 15 is 0 Å². The third kappa shape index (κ3) is 5.89. The first kappa shape index (κ1) is 19.5. The number of carbonyl (C=O) groups is 2. The summed E-state index contributed by atoms with van der Waals surface area (Å²) in [5, 5.41) is 3.99. The summed E-state index contributed by atoms with van der Waals surface area (Å²) in [6.45, 7) is 5.32. The summed E-state index contributed by atoms with van der Waals surface area (Å²) in [7, 11) is 0. The average molecular weight is 381 g/mol. The van der Waals surface area contributed by atoms with Crippen LogP contribution in [0, 0.1) is 6.92 Å². The predicted molar refractivity (Wildman–Crippen MR) is 91.8 cm³/mol. The molecule has 0 saturated carbocycles. The Kier molecular flexibility index (Phi) is 7.16. The zero-order valence-corrected chi connectivity index (χ0v) is 14.8. The van der Waals surface area contributed by atoms with Crippen LogP contribution in [0.15, 0.2) is 35.4 Å². The third-order valence-electron chi connectivity index (χ3n) is 3.08. The van der Waals surface area contributed by atoms with Crippen molar-refractivity contribution in [2.24, 2.45) is 0 Å². The summed E-state index contributed by atoms with van der Waals surface area (Å²) in [6, 6.07) is 4.72. The van der Waals surface area contributed by atoms with E-state index in [1.165, 1.54) is 6.07 Å². The molecular formula is C17H17ClN2O6. The molecule has 9 heteroatoms. The van der Waals surface area contributed by atoms with Crippen molar-refractivity contribution in [3.8, 4) is 17.1 Å². The number of halogens is 1. The molecule has 0 N–H and O–H groups in total. The molecule has 2 aromatic rings. The molecule has 1 aromatic carbocycles. The van der Waals surface area contributed by atoms with E-state index in [1.807, 2.05) is 0 Å². The highest BCUT2D eigenvalue weighted by atomic mass is 35.5. The zero-order valence-electron chi connectivity index (χ0n) is 14.1. The fraction of sp³-hybridized carbons (Fsp3) is 0.294. The second-order valence-corrected chi connectivity index (χ2v) is 5.47.